The van der Waals surface area contributed by atoms with Crippen LogP contribution in [-0.4, -0.2) is 0 Å². The van der Waals surface area contributed by atoms with E-state index in [-0.39, 0.29) is 0 Å². The molecule has 0 amide bonds. The van der Waals surface area contributed by atoms with Crippen LogP contribution in [0.15, 0.2) is 0 Å². The van der Waals surface area contributed by atoms with Gasteiger partial charge in [-0.2, -0.15) is 15.8 Å². The normalized spacial score (nSPS) is 10.1. The van der Waals surface area contributed by atoms with Crippen molar-refractivity contribution in [3.05, 3.63) is 0 Å². The molecular formula is C13H19N3. The van der Waals surface area contributed by atoms with Gasteiger partial charge in [-0.25, -0.2) is 0 Å². The van der Waals surface area contributed by atoms with E-state index in [1.54, 1.807) is 18.2 Å². The summed E-state index contributed by atoms with van der Waals surface area (Å²) < 4.78 is 0. The fourth-order valence-electron chi connectivity index (χ4n) is 1.59. The summed E-state index contributed by atoms with van der Waals surface area (Å²) >= 11 is 0. The van der Waals surface area contributed by atoms with Gasteiger partial charge in [0.1, 0.15) is 18.2 Å². The summed E-state index contributed by atoms with van der Waals surface area (Å²) in [4.78, 5) is 0. The molecule has 0 saturated carbocycles. The Labute approximate surface area is 98.3 Å². The largest absolute Gasteiger partial charge is 0.228 e. The van der Waals surface area contributed by atoms with Gasteiger partial charge >= 0.3 is 0 Å². The standard InChI is InChI=1S/C13H19N3/c1-2-3-4-5-6-7-8-9-13(10-14,11-15)12-16/h2-9H2,1H3. The lowest BCUT2D eigenvalue weighted by Crippen LogP contribution is -2.12. The van der Waals surface area contributed by atoms with E-state index in [2.05, 4.69) is 6.92 Å². The summed E-state index contributed by atoms with van der Waals surface area (Å²) in [5.41, 5.74) is -1.41. The average molecular weight is 217 g/mol. The smallest absolute Gasteiger partial charge is 0.195 e. The third-order valence-corrected chi connectivity index (χ3v) is 2.73. The van der Waals surface area contributed by atoms with Crippen LogP contribution in [0, 0.1) is 39.4 Å². The molecule has 0 unspecified atom stereocenters. The Balaban J connectivity index is 3.63. The van der Waals surface area contributed by atoms with Crippen molar-refractivity contribution in [3.8, 4) is 18.2 Å². The molecule has 0 aliphatic heterocycles. The van der Waals surface area contributed by atoms with Crippen LogP contribution >= 0.6 is 0 Å². The summed E-state index contributed by atoms with van der Waals surface area (Å²) in [5, 5.41) is 26.3. The van der Waals surface area contributed by atoms with Crippen molar-refractivity contribution < 1.29 is 0 Å². The van der Waals surface area contributed by atoms with Crippen LogP contribution in [0.1, 0.15) is 58.3 Å². The lowest BCUT2D eigenvalue weighted by molar-refractivity contribution is 0.518. The first kappa shape index (κ1) is 14.5. The molecule has 0 aliphatic rings. The molecule has 0 aromatic heterocycles. The second kappa shape index (κ2) is 8.75. The topological polar surface area (TPSA) is 71.4 Å². The quantitative estimate of drug-likeness (QED) is 0.582. The molecule has 0 aliphatic carbocycles. The molecule has 0 heterocycles. The van der Waals surface area contributed by atoms with Gasteiger partial charge in [0.2, 0.25) is 5.41 Å². The van der Waals surface area contributed by atoms with Crippen LogP contribution < -0.4 is 0 Å². The molecule has 0 saturated heterocycles. The number of hydrogen-bond acceptors (Lipinski definition) is 3. The molecule has 16 heavy (non-hydrogen) atoms. The zero-order chi connectivity index (χ0) is 12.3. The third-order valence-electron chi connectivity index (χ3n) is 2.73. The Kier molecular flexibility index (Phi) is 7.92. The van der Waals surface area contributed by atoms with Crippen molar-refractivity contribution in [3.63, 3.8) is 0 Å². The summed E-state index contributed by atoms with van der Waals surface area (Å²) in [6.07, 6.45) is 8.31. The van der Waals surface area contributed by atoms with Crippen LogP contribution in [-0.2, 0) is 0 Å². The predicted octanol–water partition coefficient (Wildman–Crippen LogP) is 3.68. The highest BCUT2D eigenvalue weighted by Crippen LogP contribution is 2.22. The maximum atomic E-state index is 8.75. The highest BCUT2D eigenvalue weighted by molar-refractivity contribution is 5.25. The minimum atomic E-state index is -1.41. The highest BCUT2D eigenvalue weighted by atomic mass is 14.4. The van der Waals surface area contributed by atoms with Gasteiger partial charge in [0.05, 0.1) is 0 Å². The van der Waals surface area contributed by atoms with Crippen molar-refractivity contribution in [2.24, 2.45) is 5.41 Å². The highest BCUT2D eigenvalue weighted by Gasteiger charge is 2.28. The number of unbranched alkanes of at least 4 members (excludes halogenated alkanes) is 6. The van der Waals surface area contributed by atoms with E-state index in [1.807, 2.05) is 0 Å². The van der Waals surface area contributed by atoms with Gasteiger partial charge in [-0.05, 0) is 12.8 Å². The van der Waals surface area contributed by atoms with Gasteiger partial charge in [0, 0.05) is 0 Å². The van der Waals surface area contributed by atoms with Crippen LogP contribution in [0.2, 0.25) is 0 Å². The molecule has 0 bridgehead atoms. The molecule has 3 heteroatoms. The summed E-state index contributed by atoms with van der Waals surface area (Å²) in [7, 11) is 0. The number of nitrogens with zero attached hydrogens (tertiary/aromatic N) is 3. The Bertz CT molecular complexity index is 265. The Morgan fingerprint density at radius 1 is 0.750 bits per heavy atom. The van der Waals surface area contributed by atoms with E-state index in [4.69, 9.17) is 15.8 Å². The van der Waals surface area contributed by atoms with Gasteiger partial charge in [-0.15, -0.1) is 0 Å². The zero-order valence-corrected chi connectivity index (χ0v) is 10.00. The lowest BCUT2D eigenvalue weighted by atomic mass is 9.87. The summed E-state index contributed by atoms with van der Waals surface area (Å²) in [6.45, 7) is 2.18. The van der Waals surface area contributed by atoms with Crippen LogP contribution in [0.5, 0.6) is 0 Å². The Morgan fingerprint density at radius 2 is 1.19 bits per heavy atom. The van der Waals surface area contributed by atoms with E-state index in [9.17, 15) is 0 Å². The molecule has 0 fully saturated rings. The minimum Gasteiger partial charge on any atom is -0.195 e. The molecule has 3 nitrogen and oxygen atoms in total. The molecule has 0 atom stereocenters. The van der Waals surface area contributed by atoms with E-state index in [0.717, 1.165) is 19.3 Å². The molecule has 0 radical (unpaired) electrons. The second-order valence-electron chi connectivity index (χ2n) is 4.11. The van der Waals surface area contributed by atoms with Gasteiger partial charge in [-0.1, -0.05) is 45.4 Å². The van der Waals surface area contributed by atoms with E-state index in [1.165, 1.54) is 25.7 Å². The van der Waals surface area contributed by atoms with Gasteiger partial charge < -0.3 is 0 Å². The average Bonchev–Trinajstić information content (AvgIpc) is 2.34. The molecule has 0 rings (SSSR count). The molecule has 0 aromatic rings. The molecule has 0 spiro atoms. The van der Waals surface area contributed by atoms with E-state index < -0.39 is 5.41 Å². The van der Waals surface area contributed by atoms with Crippen molar-refractivity contribution in [2.45, 2.75) is 58.3 Å². The number of nitriles is 3. The Morgan fingerprint density at radius 3 is 1.62 bits per heavy atom. The Hall–Kier alpha value is -1.53. The predicted molar refractivity (Wildman–Crippen MR) is 61.9 cm³/mol. The third kappa shape index (κ3) is 5.38. The maximum absolute atomic E-state index is 8.75. The van der Waals surface area contributed by atoms with Gasteiger partial charge in [0.25, 0.3) is 0 Å². The minimum absolute atomic E-state index is 0.379. The van der Waals surface area contributed by atoms with Crippen LogP contribution in [0.25, 0.3) is 0 Å². The monoisotopic (exact) mass is 217 g/mol. The number of rotatable bonds is 8. The van der Waals surface area contributed by atoms with Crippen LogP contribution in [0.4, 0.5) is 0 Å². The SMILES string of the molecule is CCCCCCCCCC(C#N)(C#N)C#N. The van der Waals surface area contributed by atoms with Gasteiger partial charge in [-0.3, -0.25) is 0 Å². The second-order valence-corrected chi connectivity index (χ2v) is 4.11. The molecule has 0 N–H and O–H groups in total. The van der Waals surface area contributed by atoms with Crippen molar-refractivity contribution in [1.82, 2.24) is 0 Å². The van der Waals surface area contributed by atoms with E-state index >= 15 is 0 Å². The molecule has 86 valence electrons. The first-order valence-corrected chi connectivity index (χ1v) is 5.98. The van der Waals surface area contributed by atoms with Crippen molar-refractivity contribution in [2.75, 3.05) is 0 Å². The van der Waals surface area contributed by atoms with E-state index in [0.29, 0.717) is 6.42 Å². The lowest BCUT2D eigenvalue weighted by Gasteiger charge is -2.08. The summed E-state index contributed by atoms with van der Waals surface area (Å²) in [6, 6.07) is 5.41. The fraction of sp³-hybridized carbons (Fsp3) is 0.769. The van der Waals surface area contributed by atoms with Crippen molar-refractivity contribution >= 4 is 0 Å². The fourth-order valence-corrected chi connectivity index (χ4v) is 1.59. The van der Waals surface area contributed by atoms with Crippen molar-refractivity contribution in [1.29, 1.82) is 15.8 Å². The summed E-state index contributed by atoms with van der Waals surface area (Å²) in [5.74, 6) is 0. The first-order valence-electron chi connectivity index (χ1n) is 5.98. The first-order chi connectivity index (χ1) is 7.74. The number of hydrogen-bond donors (Lipinski definition) is 0. The molecule has 0 aromatic carbocycles. The zero-order valence-electron chi connectivity index (χ0n) is 10.00. The molecular weight excluding hydrogens is 198 g/mol. The van der Waals surface area contributed by atoms with Gasteiger partial charge in [0.15, 0.2) is 0 Å². The maximum Gasteiger partial charge on any atom is 0.228 e. The van der Waals surface area contributed by atoms with Crippen LogP contribution in [0.3, 0.4) is 0 Å².